The van der Waals surface area contributed by atoms with Gasteiger partial charge in [-0.1, -0.05) is 48.5 Å². The quantitative estimate of drug-likeness (QED) is 0.503. The van der Waals surface area contributed by atoms with Crippen LogP contribution in [0, 0.1) is 0 Å². The molecule has 0 spiro atoms. The smallest absolute Gasteiger partial charge is 0.271 e. The van der Waals surface area contributed by atoms with E-state index in [1.807, 2.05) is 36.4 Å². The molecule has 30 heavy (non-hydrogen) atoms. The Labute approximate surface area is 174 Å². The maximum atomic E-state index is 12.4. The molecule has 0 atom stereocenters. The summed E-state index contributed by atoms with van der Waals surface area (Å²) in [5, 5.41) is 5.24. The normalized spacial score (nSPS) is 10.6. The van der Waals surface area contributed by atoms with Crippen LogP contribution in [0.1, 0.15) is 26.4 Å². The predicted octanol–water partition coefficient (Wildman–Crippen LogP) is 2.69. The summed E-state index contributed by atoms with van der Waals surface area (Å²) in [6, 6.07) is 18.6. The second-order valence-corrected chi connectivity index (χ2v) is 6.39. The van der Waals surface area contributed by atoms with E-state index in [2.05, 4.69) is 15.6 Å². The second-order valence-electron chi connectivity index (χ2n) is 6.39. The van der Waals surface area contributed by atoms with E-state index in [4.69, 9.17) is 9.47 Å². The van der Waals surface area contributed by atoms with Crippen molar-refractivity contribution in [3.63, 3.8) is 0 Å². The zero-order chi connectivity index (χ0) is 21.2. The Morgan fingerprint density at radius 1 is 0.933 bits per heavy atom. The van der Waals surface area contributed by atoms with E-state index in [9.17, 15) is 9.59 Å². The molecule has 0 aliphatic rings. The third-order valence-corrected chi connectivity index (χ3v) is 4.26. The lowest BCUT2D eigenvalue weighted by molar-refractivity contribution is 0.0128. The van der Waals surface area contributed by atoms with E-state index in [0.29, 0.717) is 25.4 Å². The molecule has 0 aliphatic heterocycles. The van der Waals surface area contributed by atoms with Crippen LogP contribution < -0.4 is 10.6 Å². The summed E-state index contributed by atoms with van der Waals surface area (Å²) in [6.45, 7) is 1.38. The molecule has 0 fully saturated rings. The van der Waals surface area contributed by atoms with Gasteiger partial charge in [0.1, 0.15) is 6.73 Å². The predicted molar refractivity (Wildman–Crippen MR) is 112 cm³/mol. The maximum absolute atomic E-state index is 12.4. The van der Waals surface area contributed by atoms with Gasteiger partial charge in [0.25, 0.3) is 11.8 Å². The van der Waals surface area contributed by atoms with Crippen molar-refractivity contribution in [1.29, 1.82) is 0 Å². The molecule has 1 aromatic heterocycles. The van der Waals surface area contributed by atoms with Crippen molar-refractivity contribution in [1.82, 2.24) is 14.9 Å². The highest BCUT2D eigenvalue weighted by atomic mass is 16.5. The van der Waals surface area contributed by atoms with Crippen LogP contribution in [-0.2, 0) is 22.8 Å². The van der Waals surface area contributed by atoms with Crippen molar-refractivity contribution >= 4 is 17.6 Å². The van der Waals surface area contributed by atoms with Crippen LogP contribution in [0.3, 0.4) is 0 Å². The van der Waals surface area contributed by atoms with E-state index < -0.39 is 0 Å². The first-order valence-electron chi connectivity index (χ1n) is 9.52. The Hall–Kier alpha value is -3.49. The third-order valence-electron chi connectivity index (χ3n) is 4.26. The number of benzene rings is 2. The highest BCUT2D eigenvalue weighted by Gasteiger charge is 2.20. The number of aromatic nitrogens is 2. The fraction of sp³-hybridized carbons (Fsp3) is 0.227. The van der Waals surface area contributed by atoms with Gasteiger partial charge in [-0.2, -0.15) is 0 Å². The van der Waals surface area contributed by atoms with Crippen molar-refractivity contribution in [2.75, 3.05) is 25.6 Å². The van der Waals surface area contributed by atoms with Crippen LogP contribution in [0.2, 0.25) is 0 Å². The fourth-order valence-corrected chi connectivity index (χ4v) is 2.74. The van der Waals surface area contributed by atoms with Crippen molar-refractivity contribution in [3.8, 4) is 0 Å². The van der Waals surface area contributed by atoms with E-state index in [1.165, 1.54) is 17.9 Å². The number of imidazole rings is 1. The van der Waals surface area contributed by atoms with E-state index in [1.54, 1.807) is 24.3 Å². The van der Waals surface area contributed by atoms with Gasteiger partial charge in [-0.05, 0) is 17.7 Å². The Morgan fingerprint density at radius 2 is 1.60 bits per heavy atom. The number of nitrogens with zero attached hydrogens (tertiary/aromatic N) is 2. The Balaban J connectivity index is 1.54. The average molecular weight is 408 g/mol. The number of amides is 2. The highest BCUT2D eigenvalue weighted by molar-refractivity contribution is 6.07. The number of rotatable bonds is 10. The Morgan fingerprint density at radius 3 is 2.30 bits per heavy atom. The molecule has 0 saturated carbocycles. The standard InChI is InChI=1S/C22H24N4O4/c1-23-22(28)19-20(25-21(27)18-10-6-3-7-11-18)24-15-26(19)16-30-13-12-29-14-17-8-4-2-5-9-17/h2-11,15H,12-14,16H2,1H3,(H,23,28)(H,25,27). The Kier molecular flexibility index (Phi) is 7.71. The molecule has 0 bridgehead atoms. The molecule has 0 radical (unpaired) electrons. The molecule has 0 aliphatic carbocycles. The number of anilines is 1. The minimum absolute atomic E-state index is 0.103. The minimum Gasteiger partial charge on any atom is -0.374 e. The number of carbonyl (C=O) groups excluding carboxylic acids is 2. The second kappa shape index (κ2) is 10.9. The maximum Gasteiger partial charge on any atom is 0.271 e. The van der Waals surface area contributed by atoms with Gasteiger partial charge >= 0.3 is 0 Å². The molecule has 3 aromatic rings. The van der Waals surface area contributed by atoms with Crippen LogP contribution in [-0.4, -0.2) is 41.6 Å². The summed E-state index contributed by atoms with van der Waals surface area (Å²) in [4.78, 5) is 28.9. The molecule has 156 valence electrons. The van der Waals surface area contributed by atoms with Gasteiger partial charge in [0.15, 0.2) is 11.5 Å². The fourth-order valence-electron chi connectivity index (χ4n) is 2.74. The van der Waals surface area contributed by atoms with Crippen molar-refractivity contribution in [2.45, 2.75) is 13.3 Å². The zero-order valence-corrected chi connectivity index (χ0v) is 16.7. The molecule has 0 unspecified atom stereocenters. The number of carbonyl (C=O) groups is 2. The van der Waals surface area contributed by atoms with Crippen molar-refractivity contribution in [2.24, 2.45) is 0 Å². The van der Waals surface area contributed by atoms with Crippen LogP contribution in [0.15, 0.2) is 67.0 Å². The summed E-state index contributed by atoms with van der Waals surface area (Å²) in [5.41, 5.74) is 1.78. The van der Waals surface area contributed by atoms with Crippen LogP contribution in [0.25, 0.3) is 0 Å². The highest BCUT2D eigenvalue weighted by Crippen LogP contribution is 2.15. The van der Waals surface area contributed by atoms with E-state index in [-0.39, 0.29) is 30.1 Å². The molecular weight excluding hydrogens is 384 g/mol. The largest absolute Gasteiger partial charge is 0.374 e. The summed E-state index contributed by atoms with van der Waals surface area (Å²) in [7, 11) is 1.51. The van der Waals surface area contributed by atoms with E-state index in [0.717, 1.165) is 5.56 Å². The minimum atomic E-state index is -0.375. The van der Waals surface area contributed by atoms with Gasteiger partial charge in [-0.3, -0.25) is 9.59 Å². The molecule has 8 nitrogen and oxygen atoms in total. The first-order chi connectivity index (χ1) is 14.7. The lowest BCUT2D eigenvalue weighted by Gasteiger charge is -2.10. The van der Waals surface area contributed by atoms with Crippen molar-refractivity contribution < 1.29 is 19.1 Å². The van der Waals surface area contributed by atoms with Crippen LogP contribution in [0.4, 0.5) is 5.82 Å². The monoisotopic (exact) mass is 408 g/mol. The molecule has 2 N–H and O–H groups in total. The number of ether oxygens (including phenoxy) is 2. The molecular formula is C22H24N4O4. The van der Waals surface area contributed by atoms with Crippen LogP contribution >= 0.6 is 0 Å². The SMILES string of the molecule is CNC(=O)c1c(NC(=O)c2ccccc2)ncn1COCCOCc1ccccc1. The van der Waals surface area contributed by atoms with E-state index >= 15 is 0 Å². The third kappa shape index (κ3) is 5.76. The zero-order valence-electron chi connectivity index (χ0n) is 16.7. The van der Waals surface area contributed by atoms with Gasteiger partial charge in [-0.15, -0.1) is 0 Å². The number of hydrogen-bond donors (Lipinski definition) is 2. The summed E-state index contributed by atoms with van der Waals surface area (Å²) >= 11 is 0. The molecule has 0 saturated heterocycles. The molecule has 2 aromatic carbocycles. The summed E-state index contributed by atoms with van der Waals surface area (Å²) in [5.74, 6) is -0.548. The molecule has 1 heterocycles. The first kappa shape index (κ1) is 21.2. The van der Waals surface area contributed by atoms with Crippen molar-refractivity contribution in [3.05, 3.63) is 83.8 Å². The molecule has 2 amide bonds. The van der Waals surface area contributed by atoms with Gasteiger partial charge in [0, 0.05) is 12.6 Å². The summed E-state index contributed by atoms with van der Waals surface area (Å²) < 4.78 is 12.7. The Bertz CT molecular complexity index is 958. The van der Waals surface area contributed by atoms with Crippen LogP contribution in [0.5, 0.6) is 0 Å². The first-order valence-corrected chi connectivity index (χ1v) is 9.52. The van der Waals surface area contributed by atoms with Gasteiger partial charge in [0.05, 0.1) is 26.1 Å². The summed E-state index contributed by atoms with van der Waals surface area (Å²) in [6.07, 6.45) is 1.45. The number of hydrogen-bond acceptors (Lipinski definition) is 5. The van der Waals surface area contributed by atoms with Gasteiger partial charge < -0.3 is 24.7 Å². The molecule has 3 rings (SSSR count). The molecule has 8 heteroatoms. The average Bonchev–Trinajstić information content (AvgIpc) is 3.19. The topological polar surface area (TPSA) is 94.5 Å². The number of nitrogens with one attached hydrogen (secondary N) is 2. The van der Waals surface area contributed by atoms with Gasteiger partial charge in [-0.25, -0.2) is 4.98 Å². The van der Waals surface area contributed by atoms with Gasteiger partial charge in [0.2, 0.25) is 0 Å². The lowest BCUT2D eigenvalue weighted by Crippen LogP contribution is -2.25. The lowest BCUT2D eigenvalue weighted by atomic mass is 10.2.